The minimum Gasteiger partial charge on any atom is -0.510 e. The second kappa shape index (κ2) is 9.07. The number of aromatic hydroxyl groups is 1. The molecule has 5 rings (SSSR count). The van der Waals surface area contributed by atoms with E-state index in [4.69, 9.17) is 5.73 Å². The van der Waals surface area contributed by atoms with Crippen molar-refractivity contribution >= 4 is 23.2 Å². The van der Waals surface area contributed by atoms with E-state index in [1.54, 1.807) is 25.1 Å². The van der Waals surface area contributed by atoms with Crippen LogP contribution in [0.5, 0.6) is 5.75 Å². The molecule has 0 aromatic heterocycles. The predicted octanol–water partition coefficient (Wildman–Crippen LogP) is 0.638. The fourth-order valence-electron chi connectivity index (χ4n) is 7.25. The molecule has 210 valence electrons. The van der Waals surface area contributed by atoms with E-state index in [9.17, 15) is 34.8 Å². The Morgan fingerprint density at radius 2 is 1.79 bits per heavy atom. The minimum absolute atomic E-state index is 0.0280. The van der Waals surface area contributed by atoms with Gasteiger partial charge < -0.3 is 31.1 Å². The summed E-state index contributed by atoms with van der Waals surface area (Å²) in [6.07, 6.45) is 0.327. The number of aliphatic hydroxyl groups excluding tert-OH is 2. The number of primary amides is 1. The minimum atomic E-state index is -2.64. The van der Waals surface area contributed by atoms with Gasteiger partial charge in [-0.05, 0) is 56.0 Å². The number of hydrogen-bond donors (Lipinski definition) is 5. The molecule has 6 N–H and O–H groups in total. The number of aliphatic hydroxyl groups is 3. The Morgan fingerprint density at radius 1 is 1.15 bits per heavy atom. The molecule has 1 aliphatic heterocycles. The first-order chi connectivity index (χ1) is 18.2. The first-order valence-electron chi connectivity index (χ1n) is 13.1. The third-order valence-electron chi connectivity index (χ3n) is 8.75. The number of hydrogen-bond acceptors (Lipinski definition) is 10. The Hall–Kier alpha value is -3.41. The average molecular weight is 541 g/mol. The van der Waals surface area contributed by atoms with Crippen LogP contribution in [-0.2, 0) is 22.6 Å². The number of rotatable bonds is 5. The number of allylic oxidation sites excluding steroid dienone is 1. The summed E-state index contributed by atoms with van der Waals surface area (Å²) in [5.41, 5.74) is 4.14. The van der Waals surface area contributed by atoms with E-state index in [-0.39, 0.29) is 29.7 Å². The van der Waals surface area contributed by atoms with E-state index >= 15 is 0 Å². The normalized spacial score (nSPS) is 29.3. The van der Waals surface area contributed by atoms with E-state index in [1.807, 2.05) is 19.0 Å². The molecule has 1 aromatic rings. The lowest BCUT2D eigenvalue weighted by Gasteiger charge is -2.50. The summed E-state index contributed by atoms with van der Waals surface area (Å²) < 4.78 is 0. The number of likely N-dealkylation sites (N-methyl/N-ethyl adjacent to an activating group) is 1. The number of Topliss-reactive ketones (excluding diaryl/α,β-unsaturated/α-hetero) is 2. The predicted molar refractivity (Wildman–Crippen MR) is 142 cm³/mol. The van der Waals surface area contributed by atoms with Gasteiger partial charge in [-0.25, -0.2) is 0 Å². The summed E-state index contributed by atoms with van der Waals surface area (Å²) >= 11 is 0. The number of benzene rings is 1. The van der Waals surface area contributed by atoms with Gasteiger partial charge in [-0.1, -0.05) is 6.92 Å². The Kier molecular flexibility index (Phi) is 6.32. The summed E-state index contributed by atoms with van der Waals surface area (Å²) in [5, 5.41) is 45.1. The van der Waals surface area contributed by atoms with E-state index < -0.39 is 58.0 Å². The van der Waals surface area contributed by atoms with Crippen molar-refractivity contribution in [1.82, 2.24) is 9.80 Å². The summed E-state index contributed by atoms with van der Waals surface area (Å²) in [5.74, 6) is -5.88. The molecule has 0 spiro atoms. The zero-order chi connectivity index (χ0) is 28.7. The van der Waals surface area contributed by atoms with Crippen LogP contribution in [0.2, 0.25) is 0 Å². The van der Waals surface area contributed by atoms with E-state index in [1.165, 1.54) is 0 Å². The Morgan fingerprint density at radius 3 is 2.33 bits per heavy atom. The number of likely N-dealkylation sites (tertiary alicyclic amines) is 1. The van der Waals surface area contributed by atoms with Crippen LogP contribution < -0.4 is 10.6 Å². The molecule has 1 fully saturated rings. The Labute approximate surface area is 226 Å². The van der Waals surface area contributed by atoms with Crippen LogP contribution in [-0.4, -0.2) is 101 Å². The number of carbonyl (C=O) groups is 3. The third kappa shape index (κ3) is 3.78. The summed E-state index contributed by atoms with van der Waals surface area (Å²) in [6.45, 7) is 4.67. The van der Waals surface area contributed by atoms with Gasteiger partial charge in [-0.3, -0.25) is 24.2 Å². The number of amides is 1. The number of carbonyl (C=O) groups excluding carboxylic acids is 3. The second-order valence-corrected chi connectivity index (χ2v) is 11.9. The molecule has 3 aliphatic carbocycles. The van der Waals surface area contributed by atoms with Crippen LogP contribution in [0.25, 0.3) is 0 Å². The van der Waals surface area contributed by atoms with Gasteiger partial charge in [-0.2, -0.15) is 0 Å². The second-order valence-electron chi connectivity index (χ2n) is 11.9. The smallest absolute Gasteiger partial charge is 0.255 e. The Bertz CT molecular complexity index is 1360. The molecule has 0 bridgehead atoms. The van der Waals surface area contributed by atoms with Gasteiger partial charge in [0.05, 0.1) is 11.6 Å². The topological polar surface area (TPSA) is 168 Å². The molecule has 1 amide bonds. The molecule has 0 radical (unpaired) electrons. The number of ketones is 2. The van der Waals surface area contributed by atoms with Crippen LogP contribution in [0, 0.1) is 17.8 Å². The van der Waals surface area contributed by atoms with Gasteiger partial charge in [0.2, 0.25) is 5.78 Å². The zero-order valence-corrected chi connectivity index (χ0v) is 22.9. The zero-order valence-electron chi connectivity index (χ0n) is 22.9. The molecular formula is C28H36N4O7. The number of nitrogens with zero attached hydrogens (tertiary/aromatic N) is 3. The molecular weight excluding hydrogens is 504 g/mol. The molecule has 1 heterocycles. The van der Waals surface area contributed by atoms with Crippen molar-refractivity contribution in [2.24, 2.45) is 23.5 Å². The quantitative estimate of drug-likeness (QED) is 0.334. The number of phenols is 1. The van der Waals surface area contributed by atoms with Crippen molar-refractivity contribution in [3.05, 3.63) is 45.4 Å². The lowest BCUT2D eigenvalue weighted by atomic mass is 9.58. The molecule has 11 nitrogen and oxygen atoms in total. The highest BCUT2D eigenvalue weighted by Crippen LogP contribution is 2.53. The van der Waals surface area contributed by atoms with Crippen LogP contribution in [0.15, 0.2) is 28.7 Å². The Balaban J connectivity index is 1.67. The average Bonchev–Trinajstić information content (AvgIpc) is 2.79. The molecule has 0 unspecified atom stereocenters. The number of phenolic OH excluding ortho intramolecular Hbond substituents is 1. The highest BCUT2D eigenvalue weighted by molar-refractivity contribution is 6.24. The lowest BCUT2D eigenvalue weighted by Crippen LogP contribution is -2.63. The molecule has 11 heteroatoms. The van der Waals surface area contributed by atoms with Crippen molar-refractivity contribution in [2.45, 2.75) is 38.0 Å². The summed E-state index contributed by atoms with van der Waals surface area (Å²) in [4.78, 5) is 45.2. The van der Waals surface area contributed by atoms with Crippen LogP contribution >= 0.6 is 0 Å². The first kappa shape index (κ1) is 27.2. The highest BCUT2D eigenvalue weighted by Gasteiger charge is 2.63. The summed E-state index contributed by atoms with van der Waals surface area (Å²) in [7, 11) is 6.96. The number of anilines is 1. The molecule has 4 aliphatic rings. The van der Waals surface area contributed by atoms with Crippen LogP contribution in [0.4, 0.5) is 5.69 Å². The monoisotopic (exact) mass is 540 g/mol. The fraction of sp³-hybridized carbons (Fsp3) is 0.536. The maximum atomic E-state index is 13.9. The molecule has 0 saturated carbocycles. The van der Waals surface area contributed by atoms with Crippen molar-refractivity contribution in [2.75, 3.05) is 46.2 Å². The van der Waals surface area contributed by atoms with Gasteiger partial charge in [0, 0.05) is 50.9 Å². The summed E-state index contributed by atoms with van der Waals surface area (Å²) in [6, 6.07) is 0.560. The van der Waals surface area contributed by atoms with Gasteiger partial charge in [0.25, 0.3) is 5.91 Å². The van der Waals surface area contributed by atoms with Gasteiger partial charge in [0.1, 0.15) is 22.8 Å². The molecule has 39 heavy (non-hydrogen) atoms. The number of fused-ring (bicyclic) bond motifs is 3. The van der Waals surface area contributed by atoms with E-state index in [0.717, 1.165) is 24.3 Å². The molecule has 4 atom stereocenters. The molecule has 1 aromatic carbocycles. The van der Waals surface area contributed by atoms with Gasteiger partial charge in [-0.15, -0.1) is 0 Å². The maximum absolute atomic E-state index is 13.9. The third-order valence-corrected chi connectivity index (χ3v) is 8.75. The van der Waals surface area contributed by atoms with Crippen LogP contribution in [0.1, 0.15) is 34.8 Å². The molecule has 1 saturated heterocycles. The van der Waals surface area contributed by atoms with Crippen molar-refractivity contribution in [1.29, 1.82) is 0 Å². The van der Waals surface area contributed by atoms with E-state index in [2.05, 4.69) is 11.8 Å². The largest absolute Gasteiger partial charge is 0.510 e. The number of nitrogens with two attached hydrogens (primary N) is 1. The van der Waals surface area contributed by atoms with Crippen LogP contribution in [0.3, 0.4) is 0 Å². The van der Waals surface area contributed by atoms with Crippen molar-refractivity contribution in [3.8, 4) is 5.75 Å². The lowest BCUT2D eigenvalue weighted by molar-refractivity contribution is -0.148. The first-order valence-corrected chi connectivity index (χ1v) is 13.1. The maximum Gasteiger partial charge on any atom is 0.255 e. The standard InChI is InChI=1S/C28H36N4O7/c1-12-9-32(10-12)11-14-8-17(33)19-15(21(14)30(2)3)6-13-7-16-22(31(4)5)24(35)20(27(29)38)26(37)28(16,39)25(36)18(13)23(19)34/h8,12-13,16,22,33,35-36,39H,6-7,9-11H2,1-5H3,(H2,29,38)/t13-,16-,22-,28-/m0/s1. The van der Waals surface area contributed by atoms with Gasteiger partial charge in [0.15, 0.2) is 11.4 Å². The fourth-order valence-corrected chi connectivity index (χ4v) is 7.25. The SMILES string of the molecule is CC1CN(Cc2cc(O)c3c(c2N(C)C)C[C@H]2C[C@H]4[C@H](N(C)C)C(O)=C(C(N)=O)C(=O)[C@@]4(O)C(O)=C2C3=O)C1. The van der Waals surface area contributed by atoms with E-state index in [0.29, 0.717) is 18.0 Å². The van der Waals surface area contributed by atoms with Gasteiger partial charge >= 0.3 is 0 Å². The van der Waals surface area contributed by atoms with Crippen molar-refractivity contribution < 1.29 is 34.8 Å². The highest BCUT2D eigenvalue weighted by atomic mass is 16.3. The van der Waals surface area contributed by atoms with Crippen molar-refractivity contribution in [3.63, 3.8) is 0 Å².